The van der Waals surface area contributed by atoms with Gasteiger partial charge < -0.3 is 20.0 Å². The van der Waals surface area contributed by atoms with Gasteiger partial charge in [-0.25, -0.2) is 9.78 Å². The number of nitrogens with one attached hydrogen (secondary N) is 2. The van der Waals surface area contributed by atoms with Crippen LogP contribution in [-0.4, -0.2) is 41.0 Å². The number of oxazole rings is 1. The highest BCUT2D eigenvalue weighted by molar-refractivity contribution is 5.93. The van der Waals surface area contributed by atoms with Gasteiger partial charge in [0, 0.05) is 19.1 Å². The molecule has 1 aliphatic heterocycles. The van der Waals surface area contributed by atoms with E-state index in [4.69, 9.17) is 4.42 Å². The van der Waals surface area contributed by atoms with Crippen molar-refractivity contribution < 1.29 is 14.0 Å². The van der Waals surface area contributed by atoms with Gasteiger partial charge in [0.2, 0.25) is 5.89 Å². The number of aromatic nitrogens is 1. The average molecular weight is 308 g/mol. The molecule has 0 unspecified atom stereocenters. The molecule has 1 atom stereocenters. The monoisotopic (exact) mass is 308 g/mol. The van der Waals surface area contributed by atoms with Gasteiger partial charge in [-0.05, 0) is 33.1 Å². The molecule has 1 fully saturated rings. The number of urea groups is 1. The third-order valence-electron chi connectivity index (χ3n) is 3.83. The molecule has 2 N–H and O–H groups in total. The zero-order valence-corrected chi connectivity index (χ0v) is 13.4. The van der Waals surface area contributed by atoms with Gasteiger partial charge in [0.05, 0.1) is 6.54 Å². The predicted molar refractivity (Wildman–Crippen MR) is 81.5 cm³/mol. The van der Waals surface area contributed by atoms with Crippen LogP contribution in [0.2, 0.25) is 0 Å². The Kier molecular flexibility index (Phi) is 5.41. The number of rotatable bonds is 5. The van der Waals surface area contributed by atoms with Crippen molar-refractivity contribution in [2.24, 2.45) is 0 Å². The van der Waals surface area contributed by atoms with E-state index in [2.05, 4.69) is 15.6 Å². The lowest BCUT2D eigenvalue weighted by Gasteiger charge is -2.13. The minimum Gasteiger partial charge on any atom is -0.443 e. The molecule has 0 saturated carbocycles. The zero-order chi connectivity index (χ0) is 16.1. The van der Waals surface area contributed by atoms with E-state index in [1.54, 1.807) is 11.8 Å². The summed E-state index contributed by atoms with van der Waals surface area (Å²) in [5.74, 6) is 0.754. The standard InChI is InChI=1S/C15H24N4O3/c1-4-10(2)17-15(21)16-9-12-18-13(11(3)22-12)14(20)19-7-5-6-8-19/h10H,4-9H2,1-3H3,(H2,16,17,21)/t10-/m0/s1. The molecule has 3 amide bonds. The summed E-state index contributed by atoms with van der Waals surface area (Å²) in [5, 5.41) is 5.48. The van der Waals surface area contributed by atoms with Gasteiger partial charge in [-0.3, -0.25) is 4.79 Å². The number of carbonyl (C=O) groups excluding carboxylic acids is 2. The first-order valence-corrected chi connectivity index (χ1v) is 7.81. The predicted octanol–water partition coefficient (Wildman–Crippen LogP) is 1.82. The van der Waals surface area contributed by atoms with Crippen molar-refractivity contribution in [2.75, 3.05) is 13.1 Å². The van der Waals surface area contributed by atoms with Crippen molar-refractivity contribution in [3.05, 3.63) is 17.3 Å². The van der Waals surface area contributed by atoms with E-state index in [9.17, 15) is 9.59 Å². The molecule has 0 aromatic carbocycles. The van der Waals surface area contributed by atoms with E-state index in [0.717, 1.165) is 32.4 Å². The summed E-state index contributed by atoms with van der Waals surface area (Å²) in [6.45, 7) is 7.36. The third-order valence-corrected chi connectivity index (χ3v) is 3.83. The van der Waals surface area contributed by atoms with Crippen molar-refractivity contribution in [1.82, 2.24) is 20.5 Å². The van der Waals surface area contributed by atoms with Crippen LogP contribution in [0.1, 0.15) is 55.2 Å². The normalized spacial score (nSPS) is 15.7. The van der Waals surface area contributed by atoms with Crippen LogP contribution in [0.25, 0.3) is 0 Å². The van der Waals surface area contributed by atoms with Gasteiger partial charge in [0.15, 0.2) is 5.69 Å². The highest BCUT2D eigenvalue weighted by Gasteiger charge is 2.25. The Hall–Kier alpha value is -2.05. The van der Waals surface area contributed by atoms with Crippen molar-refractivity contribution in [3.8, 4) is 0 Å². The van der Waals surface area contributed by atoms with Gasteiger partial charge in [-0.1, -0.05) is 6.92 Å². The lowest BCUT2D eigenvalue weighted by atomic mass is 10.3. The number of hydrogen-bond acceptors (Lipinski definition) is 4. The molecule has 7 nitrogen and oxygen atoms in total. The van der Waals surface area contributed by atoms with E-state index < -0.39 is 0 Å². The van der Waals surface area contributed by atoms with E-state index in [1.165, 1.54) is 0 Å². The molecule has 7 heteroatoms. The van der Waals surface area contributed by atoms with Gasteiger partial charge in [-0.15, -0.1) is 0 Å². The summed E-state index contributed by atoms with van der Waals surface area (Å²) in [7, 11) is 0. The Morgan fingerprint density at radius 3 is 2.68 bits per heavy atom. The molecule has 1 aliphatic rings. The molecular formula is C15H24N4O3. The highest BCUT2D eigenvalue weighted by Crippen LogP contribution is 2.16. The van der Waals surface area contributed by atoms with E-state index in [1.807, 2.05) is 13.8 Å². The van der Waals surface area contributed by atoms with Crippen LogP contribution in [0.15, 0.2) is 4.42 Å². The molecular weight excluding hydrogens is 284 g/mol. The second-order valence-electron chi connectivity index (χ2n) is 5.65. The van der Waals surface area contributed by atoms with Crippen LogP contribution < -0.4 is 10.6 Å². The summed E-state index contributed by atoms with van der Waals surface area (Å²) in [6.07, 6.45) is 2.93. The second-order valence-corrected chi connectivity index (χ2v) is 5.65. The average Bonchev–Trinajstić information content (AvgIpc) is 3.14. The largest absolute Gasteiger partial charge is 0.443 e. The lowest BCUT2D eigenvalue weighted by molar-refractivity contribution is 0.0786. The summed E-state index contributed by atoms with van der Waals surface area (Å²) >= 11 is 0. The van der Waals surface area contributed by atoms with Crippen LogP contribution in [0, 0.1) is 6.92 Å². The molecule has 0 spiro atoms. The molecule has 2 rings (SSSR count). The van der Waals surface area contributed by atoms with Gasteiger partial charge in [0.25, 0.3) is 5.91 Å². The van der Waals surface area contributed by atoms with Crippen molar-refractivity contribution in [3.63, 3.8) is 0 Å². The first-order chi connectivity index (χ1) is 10.5. The molecule has 2 heterocycles. The van der Waals surface area contributed by atoms with Crippen LogP contribution in [0.4, 0.5) is 4.79 Å². The fraction of sp³-hybridized carbons (Fsp3) is 0.667. The Labute approximate surface area is 130 Å². The highest BCUT2D eigenvalue weighted by atomic mass is 16.4. The maximum atomic E-state index is 12.3. The summed E-state index contributed by atoms with van der Waals surface area (Å²) in [4.78, 5) is 30.0. The Balaban J connectivity index is 1.92. The van der Waals surface area contributed by atoms with Crippen LogP contribution in [0.3, 0.4) is 0 Å². The van der Waals surface area contributed by atoms with Crippen molar-refractivity contribution >= 4 is 11.9 Å². The van der Waals surface area contributed by atoms with Gasteiger partial charge >= 0.3 is 6.03 Å². The smallest absolute Gasteiger partial charge is 0.315 e. The minimum atomic E-state index is -0.266. The first-order valence-electron chi connectivity index (χ1n) is 7.81. The summed E-state index contributed by atoms with van der Waals surface area (Å²) in [5.41, 5.74) is 0.348. The topological polar surface area (TPSA) is 87.5 Å². The lowest BCUT2D eigenvalue weighted by Crippen LogP contribution is -2.40. The molecule has 122 valence electrons. The van der Waals surface area contributed by atoms with Gasteiger partial charge in [-0.2, -0.15) is 0 Å². The first kappa shape index (κ1) is 16.3. The van der Waals surface area contributed by atoms with Crippen LogP contribution >= 0.6 is 0 Å². The summed E-state index contributed by atoms with van der Waals surface area (Å²) in [6, 6.07) is -0.156. The van der Waals surface area contributed by atoms with Crippen molar-refractivity contribution in [1.29, 1.82) is 0 Å². The SMILES string of the molecule is CC[C@H](C)NC(=O)NCc1nc(C(=O)N2CCCC2)c(C)o1. The Morgan fingerprint density at radius 2 is 2.05 bits per heavy atom. The molecule has 0 bridgehead atoms. The number of aryl methyl sites for hydroxylation is 1. The second kappa shape index (κ2) is 7.29. The number of hydrogen-bond donors (Lipinski definition) is 2. The van der Waals surface area contributed by atoms with Crippen molar-refractivity contribution in [2.45, 2.75) is 52.6 Å². The van der Waals surface area contributed by atoms with E-state index in [-0.39, 0.29) is 24.5 Å². The number of amides is 3. The maximum Gasteiger partial charge on any atom is 0.315 e. The third kappa shape index (κ3) is 3.99. The minimum absolute atomic E-state index is 0.0888. The number of nitrogens with zero attached hydrogens (tertiary/aromatic N) is 2. The quantitative estimate of drug-likeness (QED) is 0.868. The number of carbonyl (C=O) groups is 2. The van der Waals surface area contributed by atoms with E-state index >= 15 is 0 Å². The summed E-state index contributed by atoms with van der Waals surface area (Å²) < 4.78 is 5.48. The Morgan fingerprint density at radius 1 is 1.36 bits per heavy atom. The van der Waals surface area contributed by atoms with Crippen LogP contribution in [0.5, 0.6) is 0 Å². The Bertz CT molecular complexity index is 535. The van der Waals surface area contributed by atoms with Crippen LogP contribution in [-0.2, 0) is 6.54 Å². The maximum absolute atomic E-state index is 12.3. The zero-order valence-electron chi connectivity index (χ0n) is 13.4. The molecule has 0 radical (unpaired) electrons. The van der Waals surface area contributed by atoms with Gasteiger partial charge in [0.1, 0.15) is 5.76 Å². The molecule has 1 saturated heterocycles. The molecule has 0 aliphatic carbocycles. The van der Waals surface area contributed by atoms with E-state index in [0.29, 0.717) is 17.3 Å². The molecule has 1 aromatic heterocycles. The fourth-order valence-electron chi connectivity index (χ4n) is 2.33. The number of likely N-dealkylation sites (tertiary alicyclic amines) is 1. The molecule has 22 heavy (non-hydrogen) atoms. The molecule has 1 aromatic rings. The fourth-order valence-corrected chi connectivity index (χ4v) is 2.33.